The first-order valence-corrected chi connectivity index (χ1v) is 14.9. The van der Waals surface area contributed by atoms with Crippen molar-refractivity contribution in [3.05, 3.63) is 88.2 Å². The van der Waals surface area contributed by atoms with Crippen molar-refractivity contribution in [3.8, 4) is 16.9 Å². The van der Waals surface area contributed by atoms with Crippen LogP contribution >= 0.6 is 0 Å². The number of fused-ring (bicyclic) bond motifs is 1. The normalized spacial score (nSPS) is 15.0. The molecule has 0 radical (unpaired) electrons. The largest absolute Gasteiger partial charge is 0.493 e. The topological polar surface area (TPSA) is 95.6 Å². The third-order valence-electron chi connectivity index (χ3n) is 8.62. The molecule has 0 fully saturated rings. The van der Waals surface area contributed by atoms with Gasteiger partial charge in [-0.3, -0.25) is 9.37 Å². The van der Waals surface area contributed by atoms with Gasteiger partial charge in [0.15, 0.2) is 6.54 Å². The molecule has 2 aliphatic heterocycles. The van der Waals surface area contributed by atoms with E-state index in [1.165, 1.54) is 0 Å². The summed E-state index contributed by atoms with van der Waals surface area (Å²) in [6.07, 6.45) is 2.91. The van der Waals surface area contributed by atoms with Crippen LogP contribution in [0.4, 0.5) is 0 Å². The zero-order valence-corrected chi connectivity index (χ0v) is 24.4. The second-order valence-corrected chi connectivity index (χ2v) is 11.3. The monoisotopic (exact) mass is 577 g/mol. The number of benzene rings is 3. The summed E-state index contributed by atoms with van der Waals surface area (Å²) < 4.78 is 17.9. The maximum Gasteiger partial charge on any atom is 0.352 e. The van der Waals surface area contributed by atoms with E-state index >= 15 is 0 Å². The fourth-order valence-corrected chi connectivity index (χ4v) is 6.68. The van der Waals surface area contributed by atoms with E-state index in [1.807, 2.05) is 40.6 Å². The van der Waals surface area contributed by atoms with Crippen molar-refractivity contribution in [3.63, 3.8) is 0 Å². The predicted octanol–water partition coefficient (Wildman–Crippen LogP) is 6.23. The fourth-order valence-electron chi connectivity index (χ4n) is 6.68. The Balaban J connectivity index is 1.34. The number of rotatable bonds is 6. The molecule has 2 aliphatic rings. The third kappa shape index (κ3) is 4.83. The highest BCUT2D eigenvalue weighted by atomic mass is 16.5. The minimum atomic E-state index is -0.910. The number of hydrogen-bond donors (Lipinski definition) is 1. The van der Waals surface area contributed by atoms with Crippen molar-refractivity contribution in [1.82, 2.24) is 14.3 Å². The number of hydrogen-bond acceptors (Lipinski definition) is 4. The van der Waals surface area contributed by atoms with Crippen LogP contribution in [0.5, 0.6) is 5.75 Å². The molecule has 0 unspecified atom stereocenters. The van der Waals surface area contributed by atoms with Gasteiger partial charge in [-0.25, -0.2) is 4.79 Å². The van der Waals surface area contributed by atoms with Crippen LogP contribution in [0, 0.1) is 0 Å². The molecular weight excluding hydrogens is 542 g/mol. The van der Waals surface area contributed by atoms with E-state index in [9.17, 15) is 9.90 Å². The van der Waals surface area contributed by atoms with Gasteiger partial charge in [0.05, 0.1) is 24.4 Å². The van der Waals surface area contributed by atoms with E-state index in [2.05, 4.69) is 37.0 Å². The van der Waals surface area contributed by atoms with Crippen molar-refractivity contribution < 1.29 is 24.1 Å². The van der Waals surface area contributed by atoms with Crippen LogP contribution in [0.1, 0.15) is 52.3 Å². The van der Waals surface area contributed by atoms with Crippen molar-refractivity contribution in [2.45, 2.75) is 51.9 Å². The van der Waals surface area contributed by atoms with Gasteiger partial charge in [-0.15, -0.1) is 0 Å². The molecule has 0 aliphatic carbocycles. The van der Waals surface area contributed by atoms with Crippen molar-refractivity contribution >= 4 is 34.4 Å². The summed E-state index contributed by atoms with van der Waals surface area (Å²) in [4.78, 5) is 13.0. The summed E-state index contributed by atoms with van der Waals surface area (Å²) >= 11 is 0. The molecule has 5 aromatic rings. The molecule has 0 atom stereocenters. The van der Waals surface area contributed by atoms with Gasteiger partial charge < -0.3 is 24.6 Å². The van der Waals surface area contributed by atoms with Crippen LogP contribution in [-0.4, -0.2) is 50.0 Å². The number of nitrogens with zero attached hydrogens (tertiary/aromatic N) is 5. The minimum Gasteiger partial charge on any atom is -0.493 e. The van der Waals surface area contributed by atoms with Gasteiger partial charge in [0.25, 0.3) is 0 Å². The van der Waals surface area contributed by atoms with Gasteiger partial charge in [-0.1, -0.05) is 60.6 Å². The molecule has 0 saturated heterocycles. The molecule has 0 bridgehead atoms. The van der Waals surface area contributed by atoms with E-state index in [4.69, 9.17) is 20.0 Å². The number of carboxylic acids is 1. The Hall–Kier alpha value is -4.63. The number of aryl methyl sites for hydroxylation is 3. The molecular formula is C34H35N5O4. The zero-order valence-electron chi connectivity index (χ0n) is 24.4. The lowest BCUT2D eigenvalue weighted by atomic mass is 9.93. The number of aromatic carboxylic acids is 1. The molecule has 4 heterocycles. The lowest BCUT2D eigenvalue weighted by Crippen LogP contribution is -2.14. The van der Waals surface area contributed by atoms with Crippen LogP contribution < -0.4 is 4.74 Å². The highest BCUT2D eigenvalue weighted by molar-refractivity contribution is 6.05. The van der Waals surface area contributed by atoms with Crippen LogP contribution in [-0.2, 0) is 44.4 Å². The molecule has 2 aromatic heterocycles. The van der Waals surface area contributed by atoms with Crippen LogP contribution in [0.3, 0.4) is 0 Å². The Morgan fingerprint density at radius 3 is 2.86 bits per heavy atom. The first kappa shape index (κ1) is 27.2. The first-order chi connectivity index (χ1) is 21.0. The van der Waals surface area contributed by atoms with Gasteiger partial charge in [-0.2, -0.15) is 5.10 Å². The standard InChI is InChI=1S/C34H35N5O4/c1-37-20-28-31-27(36-38(28)2)21-42-17-6-5-16-39-32-26(15-14-23(19-35-37)30(31)32)25(33(39)34(40)41)12-8-18-43-29-13-7-10-22-9-3-4-11-24(22)29/h3-4,7,9-11,13-15H,1,5-6,8,12,16-21H2,2H3,(H,40,41). The van der Waals surface area contributed by atoms with E-state index in [-0.39, 0.29) is 0 Å². The Labute approximate surface area is 249 Å². The molecule has 7 rings (SSSR count). The summed E-state index contributed by atoms with van der Waals surface area (Å²) in [6.45, 7) is 7.13. The van der Waals surface area contributed by atoms with E-state index in [0.717, 1.165) is 73.9 Å². The number of aromatic nitrogens is 3. The van der Waals surface area contributed by atoms with Crippen molar-refractivity contribution in [1.29, 1.82) is 0 Å². The predicted molar refractivity (Wildman–Crippen MR) is 166 cm³/mol. The zero-order chi connectivity index (χ0) is 29.5. The Morgan fingerprint density at radius 1 is 1.12 bits per heavy atom. The third-order valence-corrected chi connectivity index (χ3v) is 8.62. The number of ether oxygens (including phenoxy) is 2. The van der Waals surface area contributed by atoms with Crippen LogP contribution in [0.2, 0.25) is 0 Å². The second-order valence-electron chi connectivity index (χ2n) is 11.3. The summed E-state index contributed by atoms with van der Waals surface area (Å²) in [5.41, 5.74) is 11.8. The molecule has 9 heteroatoms. The van der Waals surface area contributed by atoms with Crippen LogP contribution in [0.15, 0.2) is 54.6 Å². The Kier molecular flexibility index (Phi) is 7.10. The quantitative estimate of drug-likeness (QED) is 0.191. The average molecular weight is 578 g/mol. The number of carboxylic acid groups (broad SMARTS) is 1. The molecule has 3 aromatic carbocycles. The summed E-state index contributed by atoms with van der Waals surface area (Å²) in [7, 11) is 1.94. The summed E-state index contributed by atoms with van der Waals surface area (Å²) in [5, 5.41) is 18.7. The highest BCUT2D eigenvalue weighted by Gasteiger charge is 2.30. The average Bonchev–Trinajstić information content (AvgIpc) is 3.46. The maximum atomic E-state index is 13.0. The van der Waals surface area contributed by atoms with E-state index in [1.54, 1.807) is 4.68 Å². The molecule has 9 nitrogen and oxygen atoms in total. The smallest absolute Gasteiger partial charge is 0.352 e. The van der Waals surface area contributed by atoms with Crippen LogP contribution in [0.25, 0.3) is 38.2 Å². The lowest BCUT2D eigenvalue weighted by Gasteiger charge is -2.24. The molecule has 0 amide bonds. The Morgan fingerprint density at radius 2 is 1.98 bits per heavy atom. The van der Waals surface area contributed by atoms with Gasteiger partial charge >= 0.3 is 5.97 Å². The van der Waals surface area contributed by atoms with Crippen molar-refractivity contribution in [2.75, 3.05) is 13.2 Å². The van der Waals surface area contributed by atoms with Crippen molar-refractivity contribution in [2.24, 2.45) is 7.05 Å². The van der Waals surface area contributed by atoms with E-state index in [0.29, 0.717) is 58.0 Å². The molecule has 43 heavy (non-hydrogen) atoms. The lowest BCUT2D eigenvalue weighted by molar-refractivity contribution is -0.489. The second kappa shape index (κ2) is 11.2. The molecule has 1 N–H and O–H groups in total. The number of carbonyl (C=O) groups is 1. The molecule has 0 saturated carbocycles. The first-order valence-electron chi connectivity index (χ1n) is 14.9. The van der Waals surface area contributed by atoms with Gasteiger partial charge in [0.2, 0.25) is 0 Å². The molecule has 0 spiro atoms. The summed E-state index contributed by atoms with van der Waals surface area (Å²) in [5.74, 6) is -0.0657. The SMILES string of the molecule is C=[N+]1Cc2c3c(nn2C)COCCCCn2c(C(=O)O)c(CCCOc4cccc5ccccc45)c4ccc(c-3c42)C[N-]1. The minimum absolute atomic E-state index is 0.360. The summed E-state index contributed by atoms with van der Waals surface area (Å²) in [6, 6.07) is 18.4. The van der Waals surface area contributed by atoms with Gasteiger partial charge in [-0.05, 0) is 42.7 Å². The fraction of sp³-hybridized carbons (Fsp3) is 0.324. The van der Waals surface area contributed by atoms with Gasteiger partial charge in [0.1, 0.15) is 23.9 Å². The maximum absolute atomic E-state index is 13.0. The Bertz CT molecular complexity index is 1880. The highest BCUT2D eigenvalue weighted by Crippen LogP contribution is 2.43. The molecule has 220 valence electrons. The van der Waals surface area contributed by atoms with Gasteiger partial charge in [0, 0.05) is 42.1 Å². The van der Waals surface area contributed by atoms with E-state index < -0.39 is 5.97 Å².